The lowest BCUT2D eigenvalue weighted by atomic mass is 10.1. The van der Waals surface area contributed by atoms with Gasteiger partial charge in [-0.1, -0.05) is 19.1 Å². The molecule has 2 heterocycles. The van der Waals surface area contributed by atoms with Gasteiger partial charge in [0, 0.05) is 29.8 Å². The number of aromatic nitrogens is 3. The van der Waals surface area contributed by atoms with Gasteiger partial charge in [-0.2, -0.15) is 0 Å². The quantitative estimate of drug-likeness (QED) is 0.501. The van der Waals surface area contributed by atoms with Crippen molar-refractivity contribution in [3.63, 3.8) is 0 Å². The second-order valence-corrected chi connectivity index (χ2v) is 7.65. The number of fused-ring (bicyclic) bond motifs is 3. The van der Waals surface area contributed by atoms with E-state index in [0.29, 0.717) is 34.1 Å². The van der Waals surface area contributed by atoms with E-state index in [1.54, 1.807) is 12.3 Å². The number of hydrogen-bond donors (Lipinski definition) is 2. The third-order valence-electron chi connectivity index (χ3n) is 5.28. The molecule has 30 heavy (non-hydrogen) atoms. The number of nitrogens with zero attached hydrogens (tertiary/aromatic N) is 3. The van der Waals surface area contributed by atoms with Crippen LogP contribution < -0.4 is 10.6 Å². The van der Waals surface area contributed by atoms with E-state index in [9.17, 15) is 9.18 Å². The first kappa shape index (κ1) is 18.5. The standard InChI is InChI=1S/C23H22FN5O/c1-2-11-25-21-22-26-13-20(29(22)19-12-16(24)7-10-18(19)28-21)14-3-5-15(6-4-14)23(30)27-17-8-9-17/h3-7,10,12-13,17H,2,8-9,11H2,1H3,(H,25,28)(H,27,30). The number of rotatable bonds is 6. The molecule has 0 unspecified atom stereocenters. The number of imidazole rings is 1. The Morgan fingerprint density at radius 3 is 2.73 bits per heavy atom. The molecule has 0 aliphatic heterocycles. The molecule has 5 rings (SSSR count). The van der Waals surface area contributed by atoms with Crippen LogP contribution in [0.1, 0.15) is 36.5 Å². The maximum atomic E-state index is 14.0. The molecule has 2 N–H and O–H groups in total. The third-order valence-corrected chi connectivity index (χ3v) is 5.28. The Labute approximate surface area is 173 Å². The molecule has 1 fully saturated rings. The van der Waals surface area contributed by atoms with Crippen molar-refractivity contribution in [2.24, 2.45) is 0 Å². The van der Waals surface area contributed by atoms with Gasteiger partial charge in [0.05, 0.1) is 22.9 Å². The summed E-state index contributed by atoms with van der Waals surface area (Å²) in [5.74, 6) is 0.291. The Bertz CT molecular complexity index is 1240. The molecule has 6 nitrogen and oxygen atoms in total. The van der Waals surface area contributed by atoms with E-state index in [1.807, 2.05) is 28.7 Å². The molecule has 7 heteroatoms. The maximum absolute atomic E-state index is 14.0. The molecule has 1 saturated carbocycles. The van der Waals surface area contributed by atoms with E-state index < -0.39 is 0 Å². The number of anilines is 1. The summed E-state index contributed by atoms with van der Waals surface area (Å²) >= 11 is 0. The molecule has 1 aliphatic carbocycles. The summed E-state index contributed by atoms with van der Waals surface area (Å²) in [6, 6.07) is 12.3. The zero-order valence-corrected chi connectivity index (χ0v) is 16.7. The van der Waals surface area contributed by atoms with Crippen molar-refractivity contribution in [2.75, 3.05) is 11.9 Å². The molecule has 4 aromatic rings. The van der Waals surface area contributed by atoms with Gasteiger partial charge in [-0.3, -0.25) is 9.20 Å². The molecule has 1 aliphatic rings. The van der Waals surface area contributed by atoms with Crippen LogP contribution in [0.3, 0.4) is 0 Å². The molecule has 0 atom stereocenters. The summed E-state index contributed by atoms with van der Waals surface area (Å²) in [4.78, 5) is 21.5. The van der Waals surface area contributed by atoms with Crippen molar-refractivity contribution >= 4 is 28.4 Å². The zero-order valence-electron chi connectivity index (χ0n) is 16.7. The van der Waals surface area contributed by atoms with Crippen molar-refractivity contribution < 1.29 is 9.18 Å². The summed E-state index contributed by atoms with van der Waals surface area (Å²) in [7, 11) is 0. The topological polar surface area (TPSA) is 71.3 Å². The summed E-state index contributed by atoms with van der Waals surface area (Å²) in [5.41, 5.74) is 4.31. The third kappa shape index (κ3) is 3.36. The second-order valence-electron chi connectivity index (χ2n) is 7.65. The van der Waals surface area contributed by atoms with Gasteiger partial charge in [0.25, 0.3) is 5.91 Å². The van der Waals surface area contributed by atoms with Crippen molar-refractivity contribution in [1.82, 2.24) is 19.7 Å². The van der Waals surface area contributed by atoms with Gasteiger partial charge in [-0.05, 0) is 43.5 Å². The fraction of sp³-hybridized carbons (Fsp3) is 0.261. The summed E-state index contributed by atoms with van der Waals surface area (Å²) in [6.07, 6.45) is 4.82. The summed E-state index contributed by atoms with van der Waals surface area (Å²) in [6.45, 7) is 2.85. The van der Waals surface area contributed by atoms with Crippen molar-refractivity contribution in [3.05, 3.63) is 60.0 Å². The van der Waals surface area contributed by atoms with E-state index in [-0.39, 0.29) is 11.7 Å². The first-order valence-electron chi connectivity index (χ1n) is 10.3. The normalized spacial score (nSPS) is 13.7. The lowest BCUT2D eigenvalue weighted by molar-refractivity contribution is 0.0951. The maximum Gasteiger partial charge on any atom is 0.251 e. The van der Waals surface area contributed by atoms with Crippen molar-refractivity contribution in [3.8, 4) is 11.3 Å². The average Bonchev–Trinajstić information content (AvgIpc) is 3.46. The molecule has 1 amide bonds. The molecular weight excluding hydrogens is 381 g/mol. The molecule has 152 valence electrons. The van der Waals surface area contributed by atoms with Crippen LogP contribution in [-0.2, 0) is 0 Å². The Kier molecular flexibility index (Phi) is 4.58. The van der Waals surface area contributed by atoms with Gasteiger partial charge in [0.2, 0.25) is 0 Å². The predicted molar refractivity (Wildman–Crippen MR) is 115 cm³/mol. The first-order chi connectivity index (χ1) is 14.6. The van der Waals surface area contributed by atoms with Gasteiger partial charge in [-0.25, -0.2) is 14.4 Å². The van der Waals surface area contributed by atoms with E-state index in [1.165, 1.54) is 12.1 Å². The fourth-order valence-corrected chi connectivity index (χ4v) is 3.56. The average molecular weight is 403 g/mol. The monoisotopic (exact) mass is 403 g/mol. The van der Waals surface area contributed by atoms with Gasteiger partial charge < -0.3 is 10.6 Å². The molecule has 0 saturated heterocycles. The van der Waals surface area contributed by atoms with Crippen LogP contribution >= 0.6 is 0 Å². The van der Waals surface area contributed by atoms with Gasteiger partial charge in [0.1, 0.15) is 5.82 Å². The van der Waals surface area contributed by atoms with Crippen LogP contribution in [0.5, 0.6) is 0 Å². The minimum absolute atomic E-state index is 0.0510. The number of carbonyl (C=O) groups is 1. The number of benzene rings is 2. The highest BCUT2D eigenvalue weighted by Crippen LogP contribution is 2.29. The second kappa shape index (κ2) is 7.40. The molecule has 0 bridgehead atoms. The smallest absolute Gasteiger partial charge is 0.251 e. The highest BCUT2D eigenvalue weighted by atomic mass is 19.1. The number of carbonyl (C=O) groups excluding carboxylic acids is 1. The minimum atomic E-state index is -0.327. The number of halogens is 1. The number of amides is 1. The van der Waals surface area contributed by atoms with Crippen LogP contribution in [0.25, 0.3) is 27.9 Å². The van der Waals surface area contributed by atoms with Crippen LogP contribution in [0.4, 0.5) is 10.2 Å². The van der Waals surface area contributed by atoms with Crippen LogP contribution in [0, 0.1) is 5.82 Å². The van der Waals surface area contributed by atoms with E-state index in [4.69, 9.17) is 0 Å². The van der Waals surface area contributed by atoms with Gasteiger partial charge >= 0.3 is 0 Å². The highest BCUT2D eigenvalue weighted by molar-refractivity contribution is 5.95. The molecule has 0 radical (unpaired) electrons. The largest absolute Gasteiger partial charge is 0.367 e. The first-order valence-corrected chi connectivity index (χ1v) is 10.3. The fourth-order valence-electron chi connectivity index (χ4n) is 3.56. The van der Waals surface area contributed by atoms with Crippen LogP contribution in [-0.4, -0.2) is 32.9 Å². The Balaban J connectivity index is 1.61. The summed E-state index contributed by atoms with van der Waals surface area (Å²) < 4.78 is 16.0. The minimum Gasteiger partial charge on any atom is -0.367 e. The van der Waals surface area contributed by atoms with Crippen molar-refractivity contribution in [2.45, 2.75) is 32.2 Å². The Morgan fingerprint density at radius 2 is 2.00 bits per heavy atom. The molecule has 2 aromatic carbocycles. The van der Waals surface area contributed by atoms with Crippen LogP contribution in [0.2, 0.25) is 0 Å². The lowest BCUT2D eigenvalue weighted by Crippen LogP contribution is -2.25. The lowest BCUT2D eigenvalue weighted by Gasteiger charge is -2.11. The van der Waals surface area contributed by atoms with Crippen LogP contribution in [0.15, 0.2) is 48.7 Å². The highest BCUT2D eigenvalue weighted by Gasteiger charge is 2.23. The van der Waals surface area contributed by atoms with Gasteiger partial charge in [-0.15, -0.1) is 0 Å². The van der Waals surface area contributed by atoms with E-state index in [0.717, 1.165) is 37.1 Å². The molecule has 0 spiro atoms. The molecule has 2 aromatic heterocycles. The zero-order chi connectivity index (χ0) is 20.7. The SMILES string of the molecule is CCCNc1nc2ccc(F)cc2n2c(-c3ccc(C(=O)NC4CC4)cc3)cnc12. The number of nitrogens with one attached hydrogen (secondary N) is 2. The van der Waals surface area contributed by atoms with Crippen molar-refractivity contribution in [1.29, 1.82) is 0 Å². The molecular formula is C23H22FN5O. The summed E-state index contributed by atoms with van der Waals surface area (Å²) in [5, 5.41) is 6.31. The van der Waals surface area contributed by atoms with E-state index >= 15 is 0 Å². The number of hydrogen-bond acceptors (Lipinski definition) is 4. The van der Waals surface area contributed by atoms with Gasteiger partial charge in [0.15, 0.2) is 11.5 Å². The van der Waals surface area contributed by atoms with E-state index in [2.05, 4.69) is 27.5 Å². The Morgan fingerprint density at radius 1 is 1.20 bits per heavy atom. The Hall–Kier alpha value is -3.48. The predicted octanol–water partition coefficient (Wildman–Crippen LogP) is 4.40.